The Morgan fingerprint density at radius 1 is 1.05 bits per heavy atom. The lowest BCUT2D eigenvalue weighted by Gasteiger charge is -2.10. The standard InChI is InChI=1S/C17H17FO2/c1-11-7-13(3)16(8-12(11)2)17(19)10-20-15-6-4-5-14(18)9-15/h4-9H,10H2,1-3H3. The van der Waals surface area contributed by atoms with Crippen LogP contribution in [-0.2, 0) is 0 Å². The molecule has 0 unspecified atom stereocenters. The highest BCUT2D eigenvalue weighted by molar-refractivity contribution is 5.98. The lowest BCUT2D eigenvalue weighted by Crippen LogP contribution is -2.13. The molecule has 0 saturated heterocycles. The van der Waals surface area contributed by atoms with Crippen molar-refractivity contribution < 1.29 is 13.9 Å². The number of hydrogen-bond acceptors (Lipinski definition) is 2. The molecule has 2 aromatic carbocycles. The van der Waals surface area contributed by atoms with Gasteiger partial charge in [-0.25, -0.2) is 4.39 Å². The Morgan fingerprint density at radius 3 is 2.45 bits per heavy atom. The van der Waals surface area contributed by atoms with Crippen LogP contribution in [0.5, 0.6) is 5.75 Å². The van der Waals surface area contributed by atoms with Gasteiger partial charge < -0.3 is 4.74 Å². The summed E-state index contributed by atoms with van der Waals surface area (Å²) in [7, 11) is 0. The first-order chi connectivity index (χ1) is 9.47. The molecule has 0 aliphatic carbocycles. The van der Waals surface area contributed by atoms with E-state index in [-0.39, 0.29) is 18.2 Å². The molecule has 0 aliphatic heterocycles. The highest BCUT2D eigenvalue weighted by atomic mass is 19.1. The molecule has 0 fully saturated rings. The summed E-state index contributed by atoms with van der Waals surface area (Å²) in [5.74, 6) is -0.119. The third kappa shape index (κ3) is 3.23. The van der Waals surface area contributed by atoms with E-state index in [0.29, 0.717) is 11.3 Å². The number of ether oxygens (including phenoxy) is 1. The van der Waals surface area contributed by atoms with Gasteiger partial charge in [0.15, 0.2) is 12.4 Å². The van der Waals surface area contributed by atoms with E-state index in [1.165, 1.54) is 12.1 Å². The molecule has 0 aromatic heterocycles. The van der Waals surface area contributed by atoms with Crippen LogP contribution in [0.15, 0.2) is 36.4 Å². The van der Waals surface area contributed by atoms with Crippen molar-refractivity contribution in [2.24, 2.45) is 0 Å². The molecule has 104 valence electrons. The molecule has 0 heterocycles. The number of ketones is 1. The molecule has 3 heteroatoms. The third-order valence-electron chi connectivity index (χ3n) is 3.31. The van der Waals surface area contributed by atoms with Crippen molar-refractivity contribution in [2.75, 3.05) is 6.61 Å². The van der Waals surface area contributed by atoms with Gasteiger partial charge in [-0.15, -0.1) is 0 Å². The van der Waals surface area contributed by atoms with Crippen LogP contribution < -0.4 is 4.74 Å². The van der Waals surface area contributed by atoms with E-state index in [9.17, 15) is 9.18 Å². The maximum absolute atomic E-state index is 13.0. The second-order valence-electron chi connectivity index (χ2n) is 4.92. The molecule has 2 rings (SSSR count). The Balaban J connectivity index is 2.11. The van der Waals surface area contributed by atoms with Gasteiger partial charge in [-0.3, -0.25) is 4.79 Å². The first-order valence-electron chi connectivity index (χ1n) is 6.47. The van der Waals surface area contributed by atoms with E-state index in [1.54, 1.807) is 12.1 Å². The largest absolute Gasteiger partial charge is 0.485 e. The fourth-order valence-electron chi connectivity index (χ4n) is 2.04. The minimum absolute atomic E-state index is 0.0905. The Hall–Kier alpha value is -2.16. The Kier molecular flexibility index (Phi) is 4.18. The molecule has 0 aliphatic rings. The van der Waals surface area contributed by atoms with Crippen molar-refractivity contribution in [3.05, 3.63) is 64.5 Å². The second kappa shape index (κ2) is 5.87. The quantitative estimate of drug-likeness (QED) is 0.786. The zero-order valence-corrected chi connectivity index (χ0v) is 11.9. The number of aryl methyl sites for hydroxylation is 3. The molecule has 0 amide bonds. The van der Waals surface area contributed by atoms with Crippen molar-refractivity contribution >= 4 is 5.78 Å². The summed E-state index contributed by atoms with van der Waals surface area (Å²) in [5.41, 5.74) is 3.82. The highest BCUT2D eigenvalue weighted by Crippen LogP contribution is 2.17. The van der Waals surface area contributed by atoms with Gasteiger partial charge in [0.2, 0.25) is 0 Å². The summed E-state index contributed by atoms with van der Waals surface area (Å²) in [6.45, 7) is 5.80. The predicted molar refractivity (Wildman–Crippen MR) is 76.9 cm³/mol. The van der Waals surface area contributed by atoms with E-state index in [2.05, 4.69) is 0 Å². The van der Waals surface area contributed by atoms with E-state index < -0.39 is 0 Å². The van der Waals surface area contributed by atoms with Crippen LogP contribution in [-0.4, -0.2) is 12.4 Å². The van der Waals surface area contributed by atoms with Crippen LogP contribution in [0.2, 0.25) is 0 Å². The van der Waals surface area contributed by atoms with Gasteiger partial charge in [-0.2, -0.15) is 0 Å². The maximum Gasteiger partial charge on any atom is 0.200 e. The molecule has 0 radical (unpaired) electrons. The Morgan fingerprint density at radius 2 is 1.75 bits per heavy atom. The van der Waals surface area contributed by atoms with Crippen molar-refractivity contribution in [1.29, 1.82) is 0 Å². The summed E-state index contributed by atoms with van der Waals surface area (Å²) >= 11 is 0. The molecule has 20 heavy (non-hydrogen) atoms. The fourth-order valence-corrected chi connectivity index (χ4v) is 2.04. The van der Waals surface area contributed by atoms with Crippen LogP contribution in [0.25, 0.3) is 0 Å². The molecule has 2 nitrogen and oxygen atoms in total. The van der Waals surface area contributed by atoms with Crippen LogP contribution in [0, 0.1) is 26.6 Å². The summed E-state index contributed by atoms with van der Waals surface area (Å²) in [5, 5.41) is 0. The number of benzene rings is 2. The fraction of sp³-hybridized carbons (Fsp3) is 0.235. The van der Waals surface area contributed by atoms with Crippen LogP contribution in [0.3, 0.4) is 0 Å². The zero-order chi connectivity index (χ0) is 14.7. The van der Waals surface area contributed by atoms with Gasteiger partial charge in [0.25, 0.3) is 0 Å². The highest BCUT2D eigenvalue weighted by Gasteiger charge is 2.11. The zero-order valence-electron chi connectivity index (χ0n) is 11.9. The number of carbonyl (C=O) groups is 1. The lowest BCUT2D eigenvalue weighted by molar-refractivity contribution is 0.0920. The normalized spacial score (nSPS) is 10.4. The van der Waals surface area contributed by atoms with Gasteiger partial charge in [0.1, 0.15) is 11.6 Å². The van der Waals surface area contributed by atoms with E-state index >= 15 is 0 Å². The first kappa shape index (κ1) is 14.3. The van der Waals surface area contributed by atoms with Gasteiger partial charge >= 0.3 is 0 Å². The Bertz CT molecular complexity index is 647. The first-order valence-corrected chi connectivity index (χ1v) is 6.47. The van der Waals surface area contributed by atoms with Gasteiger partial charge in [0, 0.05) is 11.6 Å². The minimum Gasteiger partial charge on any atom is -0.485 e. The molecular formula is C17H17FO2. The number of rotatable bonds is 4. The molecule has 0 saturated carbocycles. The molecular weight excluding hydrogens is 255 g/mol. The van der Waals surface area contributed by atoms with E-state index in [4.69, 9.17) is 4.74 Å². The number of Topliss-reactive ketones (excluding diaryl/α,β-unsaturated/α-hetero) is 1. The summed E-state index contributed by atoms with van der Waals surface area (Å²) < 4.78 is 18.3. The number of hydrogen-bond donors (Lipinski definition) is 0. The third-order valence-corrected chi connectivity index (χ3v) is 3.31. The summed E-state index contributed by atoms with van der Waals surface area (Å²) in [6.07, 6.45) is 0. The van der Waals surface area contributed by atoms with Crippen molar-refractivity contribution in [2.45, 2.75) is 20.8 Å². The van der Waals surface area contributed by atoms with Crippen LogP contribution in [0.4, 0.5) is 4.39 Å². The average Bonchev–Trinajstić information content (AvgIpc) is 2.40. The summed E-state index contributed by atoms with van der Waals surface area (Å²) in [6, 6.07) is 9.65. The van der Waals surface area contributed by atoms with Crippen LogP contribution >= 0.6 is 0 Å². The minimum atomic E-state index is -0.377. The molecule has 0 spiro atoms. The molecule has 0 bridgehead atoms. The predicted octanol–water partition coefficient (Wildman–Crippen LogP) is 4.01. The number of carbonyl (C=O) groups excluding carboxylic acids is 1. The van der Waals surface area contributed by atoms with Gasteiger partial charge in [-0.1, -0.05) is 12.1 Å². The van der Waals surface area contributed by atoms with Gasteiger partial charge in [-0.05, 0) is 55.7 Å². The molecule has 0 N–H and O–H groups in total. The lowest BCUT2D eigenvalue weighted by atomic mass is 9.98. The van der Waals surface area contributed by atoms with E-state index in [1.807, 2.05) is 32.9 Å². The number of halogens is 1. The molecule has 0 atom stereocenters. The topological polar surface area (TPSA) is 26.3 Å². The van der Waals surface area contributed by atoms with Crippen LogP contribution in [0.1, 0.15) is 27.0 Å². The maximum atomic E-state index is 13.0. The smallest absolute Gasteiger partial charge is 0.200 e. The van der Waals surface area contributed by atoms with Crippen molar-refractivity contribution in [3.63, 3.8) is 0 Å². The molecule has 2 aromatic rings. The Labute approximate surface area is 118 Å². The van der Waals surface area contributed by atoms with E-state index in [0.717, 1.165) is 16.7 Å². The second-order valence-corrected chi connectivity index (χ2v) is 4.92. The SMILES string of the molecule is Cc1cc(C)c(C(=O)COc2cccc(F)c2)cc1C. The van der Waals surface area contributed by atoms with Gasteiger partial charge in [0.05, 0.1) is 0 Å². The van der Waals surface area contributed by atoms with Crippen molar-refractivity contribution in [3.8, 4) is 5.75 Å². The average molecular weight is 272 g/mol. The van der Waals surface area contributed by atoms with Crippen molar-refractivity contribution in [1.82, 2.24) is 0 Å². The summed E-state index contributed by atoms with van der Waals surface area (Å²) in [4.78, 5) is 12.2. The monoisotopic (exact) mass is 272 g/mol.